The summed E-state index contributed by atoms with van der Waals surface area (Å²) in [6.45, 7) is 0. The first kappa shape index (κ1) is 16.4. The van der Waals surface area contributed by atoms with Crippen molar-refractivity contribution in [1.82, 2.24) is 5.32 Å². The second kappa shape index (κ2) is 7.35. The zero-order chi connectivity index (χ0) is 16.8. The number of carbonyl (C=O) groups is 2. The van der Waals surface area contributed by atoms with Gasteiger partial charge in [0.05, 0.1) is 38.5 Å². The molecule has 0 aliphatic rings. The third-order valence-electron chi connectivity index (χ3n) is 3.28. The number of carboxylic acid groups (broad SMARTS) is 1. The second-order valence-corrected chi connectivity index (χ2v) is 4.74. The van der Waals surface area contributed by atoms with Gasteiger partial charge in [0.2, 0.25) is 0 Å². The van der Waals surface area contributed by atoms with E-state index in [0.717, 1.165) is 0 Å². The third-order valence-corrected chi connectivity index (χ3v) is 3.28. The number of benzene rings is 1. The zero-order valence-electron chi connectivity index (χ0n) is 12.7. The lowest BCUT2D eigenvalue weighted by Crippen LogP contribution is -2.30. The van der Waals surface area contributed by atoms with Crippen LogP contribution in [0.15, 0.2) is 41.2 Å². The number of hydrogen-bond donors (Lipinski definition) is 2. The van der Waals surface area contributed by atoms with Gasteiger partial charge in [-0.25, -0.2) is 0 Å². The molecule has 2 rings (SSSR count). The van der Waals surface area contributed by atoms with E-state index in [4.69, 9.17) is 19.0 Å². The van der Waals surface area contributed by atoms with Gasteiger partial charge in [-0.15, -0.1) is 0 Å². The van der Waals surface area contributed by atoms with Crippen LogP contribution in [0.1, 0.15) is 28.4 Å². The molecule has 0 aliphatic carbocycles. The first-order chi connectivity index (χ1) is 11.0. The minimum absolute atomic E-state index is 0.285. The van der Waals surface area contributed by atoms with E-state index in [1.165, 1.54) is 32.8 Å². The Hall–Kier alpha value is -2.96. The van der Waals surface area contributed by atoms with Crippen molar-refractivity contribution < 1.29 is 28.6 Å². The monoisotopic (exact) mass is 319 g/mol. The number of rotatable bonds is 7. The summed E-state index contributed by atoms with van der Waals surface area (Å²) in [5, 5.41) is 11.8. The number of furan rings is 1. The van der Waals surface area contributed by atoms with E-state index in [0.29, 0.717) is 22.6 Å². The average Bonchev–Trinajstić information content (AvgIpc) is 3.07. The number of carboxylic acids is 1. The van der Waals surface area contributed by atoms with Gasteiger partial charge in [-0.3, -0.25) is 9.59 Å². The fourth-order valence-electron chi connectivity index (χ4n) is 2.15. The van der Waals surface area contributed by atoms with E-state index in [2.05, 4.69) is 5.32 Å². The lowest BCUT2D eigenvalue weighted by molar-refractivity contribution is -0.137. The van der Waals surface area contributed by atoms with Crippen LogP contribution in [0.4, 0.5) is 0 Å². The van der Waals surface area contributed by atoms with Crippen LogP contribution in [0.25, 0.3) is 0 Å². The summed E-state index contributed by atoms with van der Waals surface area (Å²) in [6.07, 6.45) is 2.37. The smallest absolute Gasteiger partial charge is 0.305 e. The van der Waals surface area contributed by atoms with Crippen LogP contribution in [-0.4, -0.2) is 31.2 Å². The van der Waals surface area contributed by atoms with Crippen LogP contribution < -0.4 is 14.8 Å². The highest BCUT2D eigenvalue weighted by atomic mass is 16.5. The van der Waals surface area contributed by atoms with E-state index in [9.17, 15) is 9.59 Å². The number of hydrogen-bond acceptors (Lipinski definition) is 5. The summed E-state index contributed by atoms with van der Waals surface area (Å²) in [7, 11) is 2.98. The standard InChI is InChI=1S/C16H17NO6/c1-21-11-3-4-12(14(7-11)22-2)13(8-15(18)19)17-16(20)10-5-6-23-9-10/h3-7,9,13H,8H2,1-2H3,(H,17,20)(H,18,19). The minimum atomic E-state index is -1.04. The Labute approximate surface area is 132 Å². The molecule has 1 amide bonds. The largest absolute Gasteiger partial charge is 0.497 e. The van der Waals surface area contributed by atoms with Crippen molar-refractivity contribution in [2.45, 2.75) is 12.5 Å². The summed E-state index contributed by atoms with van der Waals surface area (Å²) in [5.41, 5.74) is 0.861. The van der Waals surface area contributed by atoms with E-state index in [-0.39, 0.29) is 6.42 Å². The van der Waals surface area contributed by atoms with Gasteiger partial charge < -0.3 is 24.3 Å². The van der Waals surface area contributed by atoms with Crippen LogP contribution in [0, 0.1) is 0 Å². The van der Waals surface area contributed by atoms with Crippen LogP contribution in [0.3, 0.4) is 0 Å². The molecule has 0 saturated carbocycles. The first-order valence-corrected chi connectivity index (χ1v) is 6.82. The Kier molecular flexibility index (Phi) is 5.24. The van der Waals surface area contributed by atoms with E-state index in [1.807, 2.05) is 0 Å². The van der Waals surface area contributed by atoms with Crippen LogP contribution in [0.5, 0.6) is 11.5 Å². The molecule has 7 nitrogen and oxygen atoms in total. The molecule has 0 aliphatic heterocycles. The number of methoxy groups -OCH3 is 2. The van der Waals surface area contributed by atoms with E-state index < -0.39 is 17.9 Å². The summed E-state index contributed by atoms with van der Waals surface area (Å²) in [5.74, 6) is -0.466. The van der Waals surface area contributed by atoms with Crippen LogP contribution >= 0.6 is 0 Å². The van der Waals surface area contributed by atoms with Gasteiger partial charge in [-0.1, -0.05) is 0 Å². The summed E-state index contributed by atoms with van der Waals surface area (Å²) >= 11 is 0. The maximum absolute atomic E-state index is 12.2. The number of carbonyl (C=O) groups excluding carboxylic acids is 1. The molecule has 1 heterocycles. The Morgan fingerprint density at radius 1 is 1.26 bits per heavy atom. The average molecular weight is 319 g/mol. The molecule has 2 aromatic rings. The molecule has 1 atom stereocenters. The molecule has 0 fully saturated rings. The number of amides is 1. The molecule has 23 heavy (non-hydrogen) atoms. The van der Waals surface area contributed by atoms with Gasteiger partial charge in [0.25, 0.3) is 5.91 Å². The van der Waals surface area contributed by atoms with E-state index in [1.54, 1.807) is 18.2 Å². The molecule has 0 spiro atoms. The first-order valence-electron chi connectivity index (χ1n) is 6.82. The SMILES string of the molecule is COc1ccc(C(CC(=O)O)NC(=O)c2ccoc2)c(OC)c1. The lowest BCUT2D eigenvalue weighted by atomic mass is 10.0. The van der Waals surface area contributed by atoms with Gasteiger partial charge in [-0.05, 0) is 18.2 Å². The summed E-state index contributed by atoms with van der Waals surface area (Å²) in [4.78, 5) is 23.3. The lowest BCUT2D eigenvalue weighted by Gasteiger charge is -2.20. The molecule has 0 bridgehead atoms. The molecule has 0 saturated heterocycles. The van der Waals surface area contributed by atoms with Crippen LogP contribution in [-0.2, 0) is 4.79 Å². The number of nitrogens with one attached hydrogen (secondary N) is 1. The molecule has 122 valence electrons. The fourth-order valence-corrected chi connectivity index (χ4v) is 2.15. The Bertz CT molecular complexity index is 680. The Balaban J connectivity index is 2.31. The quantitative estimate of drug-likeness (QED) is 0.812. The molecule has 2 N–H and O–H groups in total. The Morgan fingerprint density at radius 2 is 2.04 bits per heavy atom. The fraction of sp³-hybridized carbons (Fsp3) is 0.250. The van der Waals surface area contributed by atoms with Crippen molar-refractivity contribution in [3.05, 3.63) is 47.9 Å². The van der Waals surface area contributed by atoms with Gasteiger partial charge in [0.15, 0.2) is 0 Å². The van der Waals surface area contributed by atoms with Gasteiger partial charge in [0, 0.05) is 11.6 Å². The highest BCUT2D eigenvalue weighted by Gasteiger charge is 2.23. The number of aliphatic carboxylic acids is 1. The zero-order valence-corrected chi connectivity index (χ0v) is 12.7. The molecule has 1 aromatic heterocycles. The van der Waals surface area contributed by atoms with Gasteiger partial charge in [-0.2, -0.15) is 0 Å². The predicted octanol–water partition coefficient (Wildman–Crippen LogP) is 2.24. The minimum Gasteiger partial charge on any atom is -0.497 e. The van der Waals surface area contributed by atoms with Crippen molar-refractivity contribution in [1.29, 1.82) is 0 Å². The van der Waals surface area contributed by atoms with Gasteiger partial charge in [0.1, 0.15) is 17.8 Å². The maximum atomic E-state index is 12.2. The summed E-state index contributed by atoms with van der Waals surface area (Å²) < 4.78 is 15.3. The third kappa shape index (κ3) is 4.03. The van der Waals surface area contributed by atoms with Crippen molar-refractivity contribution >= 4 is 11.9 Å². The highest BCUT2D eigenvalue weighted by molar-refractivity contribution is 5.94. The highest BCUT2D eigenvalue weighted by Crippen LogP contribution is 2.31. The van der Waals surface area contributed by atoms with Crippen molar-refractivity contribution in [3.8, 4) is 11.5 Å². The molecule has 7 heteroatoms. The maximum Gasteiger partial charge on any atom is 0.305 e. The predicted molar refractivity (Wildman–Crippen MR) is 80.7 cm³/mol. The van der Waals surface area contributed by atoms with Crippen molar-refractivity contribution in [2.75, 3.05) is 14.2 Å². The molecule has 1 aromatic carbocycles. The molecule has 1 unspecified atom stereocenters. The van der Waals surface area contributed by atoms with Gasteiger partial charge >= 0.3 is 5.97 Å². The summed E-state index contributed by atoms with van der Waals surface area (Å²) in [6, 6.07) is 5.72. The topological polar surface area (TPSA) is 98.0 Å². The van der Waals surface area contributed by atoms with Crippen molar-refractivity contribution in [3.63, 3.8) is 0 Å². The Morgan fingerprint density at radius 3 is 2.61 bits per heavy atom. The van der Waals surface area contributed by atoms with Crippen molar-refractivity contribution in [2.24, 2.45) is 0 Å². The molecular formula is C16H17NO6. The number of ether oxygens (including phenoxy) is 2. The second-order valence-electron chi connectivity index (χ2n) is 4.74. The molecule has 0 radical (unpaired) electrons. The normalized spacial score (nSPS) is 11.6. The molecular weight excluding hydrogens is 302 g/mol. The van der Waals surface area contributed by atoms with Crippen LogP contribution in [0.2, 0.25) is 0 Å². The van der Waals surface area contributed by atoms with E-state index >= 15 is 0 Å².